The molecule has 0 bridgehead atoms. The number of ether oxygens (including phenoxy) is 1. The number of hydrogen-bond donors (Lipinski definition) is 1. The zero-order valence-corrected chi connectivity index (χ0v) is 14.1. The molecule has 1 N–H and O–H groups in total. The van der Waals surface area contributed by atoms with Gasteiger partial charge in [0.1, 0.15) is 11.6 Å². The van der Waals surface area contributed by atoms with Crippen molar-refractivity contribution in [1.82, 2.24) is 9.88 Å². The predicted molar refractivity (Wildman–Crippen MR) is 94.3 cm³/mol. The van der Waals surface area contributed by atoms with Crippen molar-refractivity contribution in [2.75, 3.05) is 13.2 Å². The first-order chi connectivity index (χ1) is 12.1. The van der Waals surface area contributed by atoms with Gasteiger partial charge < -0.3 is 14.6 Å². The standard InChI is InChI=1S/C19H16ClFN2O2/c20-12-1-4-14(5-2-12)25-11-19(24)23-8-7-17-16(10-23)15-6-3-13(21)9-18(15)22-17/h1-6,9,22H,7-8,10-11H2. The van der Waals surface area contributed by atoms with Gasteiger partial charge in [0, 0.05) is 46.7 Å². The third-order valence-corrected chi connectivity index (χ3v) is 4.72. The molecule has 0 fully saturated rings. The summed E-state index contributed by atoms with van der Waals surface area (Å²) in [7, 11) is 0. The minimum absolute atomic E-state index is 0.0199. The van der Waals surface area contributed by atoms with E-state index >= 15 is 0 Å². The third-order valence-electron chi connectivity index (χ3n) is 4.47. The molecule has 4 nitrogen and oxygen atoms in total. The molecule has 2 heterocycles. The highest BCUT2D eigenvalue weighted by atomic mass is 35.5. The van der Waals surface area contributed by atoms with Crippen molar-refractivity contribution in [3.05, 3.63) is 64.6 Å². The van der Waals surface area contributed by atoms with Crippen LogP contribution in [0.3, 0.4) is 0 Å². The Morgan fingerprint density at radius 2 is 2.04 bits per heavy atom. The highest BCUT2D eigenvalue weighted by Gasteiger charge is 2.24. The van der Waals surface area contributed by atoms with Crippen LogP contribution in [0.5, 0.6) is 5.75 Å². The van der Waals surface area contributed by atoms with E-state index in [0.29, 0.717) is 23.9 Å². The molecule has 0 atom stereocenters. The van der Waals surface area contributed by atoms with Gasteiger partial charge in [0.05, 0.1) is 0 Å². The van der Waals surface area contributed by atoms with Crippen LogP contribution in [0.4, 0.5) is 4.39 Å². The van der Waals surface area contributed by atoms with Gasteiger partial charge in [-0.2, -0.15) is 0 Å². The van der Waals surface area contributed by atoms with Crippen molar-refractivity contribution in [2.24, 2.45) is 0 Å². The minimum atomic E-state index is -0.268. The molecule has 0 unspecified atom stereocenters. The molecule has 0 saturated heterocycles. The average molecular weight is 359 g/mol. The van der Waals surface area contributed by atoms with Crippen LogP contribution in [0.1, 0.15) is 11.3 Å². The molecule has 4 rings (SSSR count). The largest absolute Gasteiger partial charge is 0.484 e. The first-order valence-electron chi connectivity index (χ1n) is 8.05. The fraction of sp³-hybridized carbons (Fsp3) is 0.211. The van der Waals surface area contributed by atoms with E-state index in [2.05, 4.69) is 4.98 Å². The summed E-state index contributed by atoms with van der Waals surface area (Å²) in [6.45, 7) is 1.10. The number of fused-ring (bicyclic) bond motifs is 3. The topological polar surface area (TPSA) is 45.3 Å². The van der Waals surface area contributed by atoms with Crippen LogP contribution in [-0.4, -0.2) is 28.9 Å². The van der Waals surface area contributed by atoms with Gasteiger partial charge in [-0.15, -0.1) is 0 Å². The lowest BCUT2D eigenvalue weighted by Gasteiger charge is -2.27. The van der Waals surface area contributed by atoms with E-state index in [1.165, 1.54) is 12.1 Å². The van der Waals surface area contributed by atoms with Gasteiger partial charge in [-0.1, -0.05) is 11.6 Å². The second kappa shape index (κ2) is 6.41. The summed E-state index contributed by atoms with van der Waals surface area (Å²) in [5.74, 6) is 0.269. The normalized spacial score (nSPS) is 13.8. The Balaban J connectivity index is 1.47. The SMILES string of the molecule is O=C(COc1ccc(Cl)cc1)N1CCc2[nH]c3cc(F)ccc3c2C1. The molecule has 1 aromatic heterocycles. The Morgan fingerprint density at radius 1 is 1.24 bits per heavy atom. The monoisotopic (exact) mass is 358 g/mol. The van der Waals surface area contributed by atoms with Crippen molar-refractivity contribution < 1.29 is 13.9 Å². The maximum Gasteiger partial charge on any atom is 0.260 e. The van der Waals surface area contributed by atoms with E-state index in [1.54, 1.807) is 35.2 Å². The fourth-order valence-electron chi connectivity index (χ4n) is 3.17. The number of amides is 1. The first kappa shape index (κ1) is 16.0. The predicted octanol–water partition coefficient (Wildman–Crippen LogP) is 3.92. The van der Waals surface area contributed by atoms with E-state index < -0.39 is 0 Å². The number of carbonyl (C=O) groups excluding carboxylic acids is 1. The Morgan fingerprint density at radius 3 is 2.84 bits per heavy atom. The number of aromatic amines is 1. The number of nitrogens with zero attached hydrogens (tertiary/aromatic N) is 1. The number of carbonyl (C=O) groups is 1. The van der Waals surface area contributed by atoms with Gasteiger partial charge in [-0.3, -0.25) is 4.79 Å². The zero-order valence-electron chi connectivity index (χ0n) is 13.4. The van der Waals surface area contributed by atoms with Crippen LogP contribution in [0.25, 0.3) is 10.9 Å². The van der Waals surface area contributed by atoms with E-state index in [1.807, 2.05) is 0 Å². The van der Waals surface area contributed by atoms with Crippen molar-refractivity contribution in [3.8, 4) is 5.75 Å². The molecular weight excluding hydrogens is 343 g/mol. The molecule has 1 aliphatic heterocycles. The van der Waals surface area contributed by atoms with Crippen LogP contribution in [0, 0.1) is 5.82 Å². The van der Waals surface area contributed by atoms with E-state index in [-0.39, 0.29) is 18.3 Å². The van der Waals surface area contributed by atoms with Crippen LogP contribution in [0.2, 0.25) is 5.02 Å². The van der Waals surface area contributed by atoms with Gasteiger partial charge in [0.15, 0.2) is 6.61 Å². The summed E-state index contributed by atoms with van der Waals surface area (Å²) < 4.78 is 18.9. The Labute approximate surface area is 149 Å². The lowest BCUT2D eigenvalue weighted by atomic mass is 10.0. The minimum Gasteiger partial charge on any atom is -0.484 e. The van der Waals surface area contributed by atoms with Crippen LogP contribution >= 0.6 is 11.6 Å². The molecule has 0 spiro atoms. The summed E-state index contributed by atoms with van der Waals surface area (Å²) in [6, 6.07) is 11.6. The first-order valence-corrected chi connectivity index (χ1v) is 8.43. The van der Waals surface area contributed by atoms with E-state index in [9.17, 15) is 9.18 Å². The van der Waals surface area contributed by atoms with Gasteiger partial charge in [0.2, 0.25) is 0 Å². The molecule has 25 heavy (non-hydrogen) atoms. The highest BCUT2D eigenvalue weighted by molar-refractivity contribution is 6.30. The second-order valence-corrected chi connectivity index (χ2v) is 6.52. The summed E-state index contributed by atoms with van der Waals surface area (Å²) in [6.07, 6.45) is 0.721. The quantitative estimate of drug-likeness (QED) is 0.771. The van der Waals surface area contributed by atoms with Gasteiger partial charge in [-0.05, 0) is 42.5 Å². The molecule has 1 amide bonds. The molecule has 6 heteroatoms. The summed E-state index contributed by atoms with van der Waals surface area (Å²) in [4.78, 5) is 17.5. The average Bonchev–Trinajstić information content (AvgIpc) is 2.97. The molecular formula is C19H16ClFN2O2. The van der Waals surface area contributed by atoms with Crippen LogP contribution < -0.4 is 4.74 Å². The van der Waals surface area contributed by atoms with Crippen molar-refractivity contribution in [2.45, 2.75) is 13.0 Å². The molecule has 3 aromatic rings. The lowest BCUT2D eigenvalue weighted by molar-refractivity contribution is -0.134. The maximum atomic E-state index is 13.4. The molecule has 2 aromatic carbocycles. The summed E-state index contributed by atoms with van der Waals surface area (Å²) in [5, 5.41) is 1.59. The lowest BCUT2D eigenvalue weighted by Crippen LogP contribution is -2.38. The highest BCUT2D eigenvalue weighted by Crippen LogP contribution is 2.28. The van der Waals surface area contributed by atoms with Crippen LogP contribution in [-0.2, 0) is 17.8 Å². The number of nitrogens with one attached hydrogen (secondary N) is 1. The van der Waals surface area contributed by atoms with Crippen LogP contribution in [0.15, 0.2) is 42.5 Å². The molecule has 0 radical (unpaired) electrons. The van der Waals surface area contributed by atoms with Crippen molar-refractivity contribution in [3.63, 3.8) is 0 Å². The Hall–Kier alpha value is -2.53. The van der Waals surface area contributed by atoms with Gasteiger partial charge in [-0.25, -0.2) is 4.39 Å². The van der Waals surface area contributed by atoms with Gasteiger partial charge in [0.25, 0.3) is 5.91 Å². The Kier molecular flexibility index (Phi) is 4.09. The number of hydrogen-bond acceptors (Lipinski definition) is 2. The maximum absolute atomic E-state index is 13.4. The van der Waals surface area contributed by atoms with E-state index in [0.717, 1.165) is 28.6 Å². The van der Waals surface area contributed by atoms with Crippen molar-refractivity contribution >= 4 is 28.4 Å². The number of benzene rings is 2. The number of aromatic nitrogens is 1. The Bertz CT molecular complexity index is 936. The zero-order chi connectivity index (χ0) is 17.4. The number of H-pyrrole nitrogens is 1. The molecule has 0 aliphatic carbocycles. The molecule has 1 aliphatic rings. The van der Waals surface area contributed by atoms with Gasteiger partial charge >= 0.3 is 0 Å². The van der Waals surface area contributed by atoms with E-state index in [4.69, 9.17) is 16.3 Å². The van der Waals surface area contributed by atoms with Crippen molar-refractivity contribution in [1.29, 1.82) is 0 Å². The second-order valence-electron chi connectivity index (χ2n) is 6.08. The molecule has 128 valence electrons. The number of halogens is 2. The summed E-state index contributed by atoms with van der Waals surface area (Å²) in [5.41, 5.74) is 2.90. The molecule has 0 saturated carbocycles. The smallest absolute Gasteiger partial charge is 0.260 e. The number of rotatable bonds is 3. The fourth-order valence-corrected chi connectivity index (χ4v) is 3.30. The summed E-state index contributed by atoms with van der Waals surface area (Å²) >= 11 is 5.83. The third kappa shape index (κ3) is 3.20.